The smallest absolute Gasteiger partial charge is 0.353 e. The number of para-hydroxylation sites is 1. The lowest BCUT2D eigenvalue weighted by atomic mass is 10.2. The van der Waals surface area contributed by atoms with E-state index in [-0.39, 0.29) is 29.0 Å². The van der Waals surface area contributed by atoms with Crippen molar-refractivity contribution in [1.29, 1.82) is 0 Å². The predicted octanol–water partition coefficient (Wildman–Crippen LogP) is 6.13. The van der Waals surface area contributed by atoms with E-state index in [1.165, 1.54) is 11.3 Å². The molecular formula is C25H20ClNO6S2. The summed E-state index contributed by atoms with van der Waals surface area (Å²) >= 11 is 8.20. The zero-order valence-corrected chi connectivity index (χ0v) is 21.0. The maximum atomic E-state index is 12.8. The standard InChI is InChI=1S/C25H20ClNO6S2/c1-2-31-20-14-16(9-10-19(20)33-24(29)21-8-5-13-34-21)15-22-23(28)27(25(30)35-22)11-12-32-18-7-4-3-6-17(18)26/h3-10,13-15H,2,11-12H2,1H3/b22-15-. The summed E-state index contributed by atoms with van der Waals surface area (Å²) in [6.07, 6.45) is 1.60. The number of thioether (sulfide) groups is 1. The molecule has 180 valence electrons. The van der Waals surface area contributed by atoms with Gasteiger partial charge in [-0.1, -0.05) is 35.9 Å². The zero-order valence-electron chi connectivity index (χ0n) is 18.6. The number of ether oxygens (including phenoxy) is 3. The van der Waals surface area contributed by atoms with Gasteiger partial charge in [0.05, 0.1) is 23.1 Å². The van der Waals surface area contributed by atoms with Crippen LogP contribution in [0.2, 0.25) is 5.02 Å². The molecule has 0 bridgehead atoms. The fourth-order valence-electron chi connectivity index (χ4n) is 3.16. The third-order valence-electron chi connectivity index (χ3n) is 4.77. The molecule has 0 saturated carbocycles. The van der Waals surface area contributed by atoms with Crippen LogP contribution >= 0.6 is 34.7 Å². The monoisotopic (exact) mass is 529 g/mol. The third-order valence-corrected chi connectivity index (χ3v) is 6.84. The zero-order chi connectivity index (χ0) is 24.8. The highest BCUT2D eigenvalue weighted by Crippen LogP contribution is 2.35. The van der Waals surface area contributed by atoms with Crippen molar-refractivity contribution < 1.29 is 28.6 Å². The molecule has 0 spiro atoms. The molecule has 3 aromatic rings. The SMILES string of the molecule is CCOc1cc(/C=C2\SC(=O)N(CCOc3ccccc3Cl)C2=O)ccc1OC(=O)c1cccs1. The first-order valence-electron chi connectivity index (χ1n) is 10.6. The number of carbonyl (C=O) groups excluding carboxylic acids is 3. The fraction of sp³-hybridized carbons (Fsp3) is 0.160. The highest BCUT2D eigenvalue weighted by molar-refractivity contribution is 8.18. The van der Waals surface area contributed by atoms with Crippen molar-refractivity contribution in [3.63, 3.8) is 0 Å². The third kappa shape index (κ3) is 6.05. The van der Waals surface area contributed by atoms with Gasteiger partial charge in [-0.05, 0) is 66.0 Å². The van der Waals surface area contributed by atoms with Crippen molar-refractivity contribution in [2.24, 2.45) is 0 Å². The normalized spacial score (nSPS) is 14.5. The molecule has 0 atom stereocenters. The van der Waals surface area contributed by atoms with E-state index in [9.17, 15) is 14.4 Å². The molecule has 35 heavy (non-hydrogen) atoms. The second-order valence-electron chi connectivity index (χ2n) is 7.12. The van der Waals surface area contributed by atoms with Crippen molar-refractivity contribution in [2.45, 2.75) is 6.92 Å². The first-order valence-corrected chi connectivity index (χ1v) is 12.7. The number of nitrogens with zero attached hydrogens (tertiary/aromatic N) is 1. The Hall–Kier alpha value is -3.27. The van der Waals surface area contributed by atoms with Gasteiger partial charge in [0.1, 0.15) is 17.2 Å². The van der Waals surface area contributed by atoms with Crippen molar-refractivity contribution in [1.82, 2.24) is 4.90 Å². The van der Waals surface area contributed by atoms with Crippen LogP contribution < -0.4 is 14.2 Å². The summed E-state index contributed by atoms with van der Waals surface area (Å²) in [5.74, 6) is 0.230. The minimum absolute atomic E-state index is 0.0923. The van der Waals surface area contributed by atoms with Gasteiger partial charge in [-0.15, -0.1) is 11.3 Å². The maximum absolute atomic E-state index is 12.8. The van der Waals surface area contributed by atoms with Gasteiger partial charge in [-0.25, -0.2) is 4.79 Å². The lowest BCUT2D eigenvalue weighted by molar-refractivity contribution is -0.123. The Morgan fingerprint density at radius 1 is 1.03 bits per heavy atom. The van der Waals surface area contributed by atoms with Crippen molar-refractivity contribution in [2.75, 3.05) is 19.8 Å². The van der Waals surface area contributed by atoms with E-state index >= 15 is 0 Å². The number of thiophene rings is 1. The van der Waals surface area contributed by atoms with Gasteiger partial charge in [0, 0.05) is 0 Å². The first-order chi connectivity index (χ1) is 17.0. The number of amides is 2. The van der Waals surface area contributed by atoms with Crippen molar-refractivity contribution in [3.8, 4) is 17.2 Å². The lowest BCUT2D eigenvalue weighted by Gasteiger charge is -2.13. The van der Waals surface area contributed by atoms with Crippen LogP contribution in [0.1, 0.15) is 22.2 Å². The van der Waals surface area contributed by atoms with E-state index in [1.807, 2.05) is 6.92 Å². The predicted molar refractivity (Wildman–Crippen MR) is 137 cm³/mol. The molecule has 0 aliphatic carbocycles. The molecule has 1 aromatic heterocycles. The largest absolute Gasteiger partial charge is 0.490 e. The minimum atomic E-state index is -0.478. The van der Waals surface area contributed by atoms with Gasteiger partial charge < -0.3 is 14.2 Å². The van der Waals surface area contributed by atoms with E-state index in [0.29, 0.717) is 33.6 Å². The van der Waals surface area contributed by atoms with Crippen LogP contribution in [0.25, 0.3) is 6.08 Å². The van der Waals surface area contributed by atoms with E-state index in [1.54, 1.807) is 66.1 Å². The molecule has 1 aliphatic heterocycles. The van der Waals surface area contributed by atoms with Gasteiger partial charge in [0.15, 0.2) is 11.5 Å². The summed E-state index contributed by atoms with van der Waals surface area (Å²) < 4.78 is 16.7. The Labute approximate surface area is 215 Å². The van der Waals surface area contributed by atoms with Crippen LogP contribution in [0.5, 0.6) is 17.2 Å². The molecule has 7 nitrogen and oxygen atoms in total. The molecule has 2 amide bonds. The van der Waals surface area contributed by atoms with E-state index in [4.69, 9.17) is 25.8 Å². The number of hydrogen-bond acceptors (Lipinski definition) is 8. The molecule has 4 rings (SSSR count). The first kappa shape index (κ1) is 24.8. The number of imide groups is 1. The van der Waals surface area contributed by atoms with Crippen LogP contribution in [0.3, 0.4) is 0 Å². The van der Waals surface area contributed by atoms with Gasteiger partial charge in [0.2, 0.25) is 0 Å². The summed E-state index contributed by atoms with van der Waals surface area (Å²) in [5, 5.41) is 1.87. The Bertz CT molecular complexity index is 1270. The molecule has 0 N–H and O–H groups in total. The molecule has 2 aromatic carbocycles. The Morgan fingerprint density at radius 2 is 1.86 bits per heavy atom. The summed E-state index contributed by atoms with van der Waals surface area (Å²) in [4.78, 5) is 39.4. The Kier molecular flexibility index (Phi) is 8.12. The summed E-state index contributed by atoms with van der Waals surface area (Å²) in [7, 11) is 0. The Balaban J connectivity index is 1.44. The van der Waals surface area contributed by atoms with Crippen LogP contribution in [-0.4, -0.2) is 41.8 Å². The molecular weight excluding hydrogens is 510 g/mol. The second kappa shape index (κ2) is 11.4. The number of esters is 1. The summed E-state index contributed by atoms with van der Waals surface area (Å²) in [6, 6.07) is 15.4. The quantitative estimate of drug-likeness (QED) is 0.187. The van der Waals surface area contributed by atoms with E-state index in [0.717, 1.165) is 16.7 Å². The number of halogens is 1. The van der Waals surface area contributed by atoms with E-state index < -0.39 is 11.9 Å². The summed E-state index contributed by atoms with van der Waals surface area (Å²) in [6.45, 7) is 2.38. The molecule has 1 fully saturated rings. The molecule has 2 heterocycles. The van der Waals surface area contributed by atoms with Gasteiger partial charge in [0.25, 0.3) is 11.1 Å². The number of benzene rings is 2. The van der Waals surface area contributed by atoms with Gasteiger partial charge in [-0.3, -0.25) is 14.5 Å². The maximum Gasteiger partial charge on any atom is 0.353 e. The molecule has 10 heteroatoms. The topological polar surface area (TPSA) is 82.1 Å². The molecule has 1 aliphatic rings. The van der Waals surface area contributed by atoms with Crippen LogP contribution in [0.15, 0.2) is 64.9 Å². The second-order valence-corrected chi connectivity index (χ2v) is 9.47. The van der Waals surface area contributed by atoms with Crippen molar-refractivity contribution in [3.05, 3.63) is 80.3 Å². The molecule has 0 radical (unpaired) electrons. The van der Waals surface area contributed by atoms with Crippen LogP contribution in [0, 0.1) is 0 Å². The highest BCUT2D eigenvalue weighted by atomic mass is 35.5. The highest BCUT2D eigenvalue weighted by Gasteiger charge is 2.35. The minimum Gasteiger partial charge on any atom is -0.490 e. The fourth-order valence-corrected chi connectivity index (χ4v) is 4.82. The number of carbonyl (C=O) groups is 3. The Morgan fingerprint density at radius 3 is 2.60 bits per heavy atom. The van der Waals surface area contributed by atoms with Gasteiger partial charge >= 0.3 is 5.97 Å². The average molecular weight is 530 g/mol. The average Bonchev–Trinajstić information content (AvgIpc) is 3.47. The van der Waals surface area contributed by atoms with Gasteiger partial charge in [-0.2, -0.15) is 0 Å². The molecule has 0 unspecified atom stereocenters. The van der Waals surface area contributed by atoms with E-state index in [2.05, 4.69) is 0 Å². The molecule has 1 saturated heterocycles. The van der Waals surface area contributed by atoms with Crippen molar-refractivity contribution >= 4 is 57.9 Å². The number of rotatable bonds is 9. The summed E-state index contributed by atoms with van der Waals surface area (Å²) in [5.41, 5.74) is 0.627. The van der Waals surface area contributed by atoms with Crippen LogP contribution in [0.4, 0.5) is 4.79 Å². The number of hydrogen-bond donors (Lipinski definition) is 0. The van der Waals surface area contributed by atoms with Crippen LogP contribution in [-0.2, 0) is 4.79 Å². The lowest BCUT2D eigenvalue weighted by Crippen LogP contribution is -2.32.